The van der Waals surface area contributed by atoms with Crippen molar-refractivity contribution in [1.82, 2.24) is 34.9 Å². The first-order valence-electron chi connectivity index (χ1n) is 10.1. The minimum absolute atomic E-state index is 0.709. The smallest absolute Gasteiger partial charge is 0.159 e. The third-order valence-corrected chi connectivity index (χ3v) is 6.74. The van der Waals surface area contributed by atoms with E-state index in [0.29, 0.717) is 5.82 Å². The lowest BCUT2D eigenvalue weighted by molar-refractivity contribution is 0.768. The van der Waals surface area contributed by atoms with Gasteiger partial charge in [-0.2, -0.15) is 10.2 Å². The van der Waals surface area contributed by atoms with Gasteiger partial charge in [0.1, 0.15) is 16.9 Å². The Morgan fingerprint density at radius 3 is 2.75 bits per heavy atom. The maximum Gasteiger partial charge on any atom is 0.159 e. The fourth-order valence-corrected chi connectivity index (χ4v) is 4.80. The summed E-state index contributed by atoms with van der Waals surface area (Å²) in [6.45, 7) is 6.06. The van der Waals surface area contributed by atoms with Crippen LogP contribution in [0, 0.1) is 0 Å². The monoisotopic (exact) mass is 437 g/mol. The van der Waals surface area contributed by atoms with E-state index in [1.807, 2.05) is 44.7 Å². The molecule has 156 valence electrons. The highest BCUT2D eigenvalue weighted by molar-refractivity contribution is 7.16. The summed E-state index contributed by atoms with van der Waals surface area (Å²) in [5.41, 5.74) is 7.53. The number of aromatic nitrogens is 7. The molecule has 0 bridgehead atoms. The Kier molecular flexibility index (Phi) is 4.09. The number of thiophene rings is 1. The van der Waals surface area contributed by atoms with Crippen molar-refractivity contribution >= 4 is 38.8 Å². The SMILES string of the molecule is C=C(C)c1ccc(-c2nccc3[nH]c(-c4n[nH]c5ccc(-c6cnn(C)c6)cc45)nc23)s1. The minimum atomic E-state index is 0.709. The molecule has 0 spiro atoms. The lowest BCUT2D eigenvalue weighted by Crippen LogP contribution is -1.84. The number of pyridine rings is 1. The van der Waals surface area contributed by atoms with Gasteiger partial charge < -0.3 is 4.98 Å². The van der Waals surface area contributed by atoms with Gasteiger partial charge in [0, 0.05) is 35.3 Å². The molecule has 5 aromatic heterocycles. The number of aryl methyl sites for hydroxylation is 1. The predicted octanol–water partition coefficient (Wildman–Crippen LogP) is 5.66. The predicted molar refractivity (Wildman–Crippen MR) is 129 cm³/mol. The van der Waals surface area contributed by atoms with Gasteiger partial charge in [-0.3, -0.25) is 14.8 Å². The van der Waals surface area contributed by atoms with Crippen LogP contribution in [0.25, 0.3) is 60.7 Å². The maximum absolute atomic E-state index is 4.91. The number of benzene rings is 1. The molecule has 0 unspecified atom stereocenters. The second-order valence-corrected chi connectivity index (χ2v) is 8.90. The Balaban J connectivity index is 1.49. The summed E-state index contributed by atoms with van der Waals surface area (Å²) in [6, 6.07) is 12.3. The van der Waals surface area contributed by atoms with Crippen LogP contribution >= 0.6 is 11.3 Å². The van der Waals surface area contributed by atoms with Gasteiger partial charge in [0.15, 0.2) is 5.82 Å². The summed E-state index contributed by atoms with van der Waals surface area (Å²) >= 11 is 1.67. The number of aromatic amines is 2. The standard InChI is InChI=1S/C24H19N7S/c1-13(2)19-6-7-20(32-19)23-22-18(8-9-25-23)27-24(28-22)21-16-10-14(4-5-17(16)29-30-21)15-11-26-31(3)12-15/h4-12H,1H2,2-3H3,(H,27,28)(H,29,30). The van der Waals surface area contributed by atoms with E-state index in [0.717, 1.165) is 59.8 Å². The molecule has 0 saturated heterocycles. The molecular formula is C24H19N7S. The van der Waals surface area contributed by atoms with E-state index in [1.165, 1.54) is 0 Å². The number of nitrogens with one attached hydrogen (secondary N) is 2. The van der Waals surface area contributed by atoms with Crippen molar-refractivity contribution < 1.29 is 0 Å². The van der Waals surface area contributed by atoms with Gasteiger partial charge in [-0.15, -0.1) is 11.3 Å². The van der Waals surface area contributed by atoms with Gasteiger partial charge in [0.25, 0.3) is 0 Å². The van der Waals surface area contributed by atoms with E-state index in [1.54, 1.807) is 16.0 Å². The van der Waals surface area contributed by atoms with Crippen molar-refractivity contribution in [3.63, 3.8) is 0 Å². The molecule has 0 radical (unpaired) electrons. The summed E-state index contributed by atoms with van der Waals surface area (Å²) in [5.74, 6) is 0.709. The van der Waals surface area contributed by atoms with E-state index >= 15 is 0 Å². The Hall–Kier alpha value is -4.04. The zero-order valence-corrected chi connectivity index (χ0v) is 18.4. The Morgan fingerprint density at radius 1 is 1.06 bits per heavy atom. The molecule has 2 N–H and O–H groups in total. The Labute approximate surface area is 187 Å². The number of hydrogen-bond acceptors (Lipinski definition) is 5. The molecule has 1 aromatic carbocycles. The summed E-state index contributed by atoms with van der Waals surface area (Å²) in [6.07, 6.45) is 5.67. The molecule has 0 aliphatic heterocycles. The van der Waals surface area contributed by atoms with E-state index in [-0.39, 0.29) is 0 Å². The fourth-order valence-electron chi connectivity index (χ4n) is 3.87. The quantitative estimate of drug-likeness (QED) is 0.372. The number of nitrogens with zero attached hydrogens (tertiary/aromatic N) is 5. The van der Waals surface area contributed by atoms with Crippen molar-refractivity contribution in [3.05, 3.63) is 66.4 Å². The number of H-pyrrole nitrogens is 2. The molecule has 8 heteroatoms. The van der Waals surface area contributed by atoms with Crippen molar-refractivity contribution in [2.75, 3.05) is 0 Å². The van der Waals surface area contributed by atoms with Crippen LogP contribution in [0.1, 0.15) is 11.8 Å². The molecule has 6 aromatic rings. The van der Waals surface area contributed by atoms with E-state index in [9.17, 15) is 0 Å². The van der Waals surface area contributed by atoms with Crippen LogP contribution in [0.4, 0.5) is 0 Å². The van der Waals surface area contributed by atoms with E-state index in [4.69, 9.17) is 4.98 Å². The normalized spacial score (nSPS) is 11.6. The molecule has 0 amide bonds. The summed E-state index contributed by atoms with van der Waals surface area (Å²) in [5, 5.41) is 13.0. The summed E-state index contributed by atoms with van der Waals surface area (Å²) in [7, 11) is 1.91. The molecule has 0 atom stereocenters. The second kappa shape index (κ2) is 7.00. The third kappa shape index (κ3) is 2.96. The molecule has 7 nitrogen and oxygen atoms in total. The molecule has 32 heavy (non-hydrogen) atoms. The van der Waals surface area contributed by atoms with Crippen molar-refractivity contribution in [2.45, 2.75) is 6.92 Å². The summed E-state index contributed by atoms with van der Waals surface area (Å²) in [4.78, 5) is 15.2. The van der Waals surface area contributed by atoms with E-state index in [2.05, 4.69) is 56.1 Å². The number of allylic oxidation sites excluding steroid dienone is 1. The Morgan fingerprint density at radius 2 is 1.97 bits per heavy atom. The minimum Gasteiger partial charge on any atom is -0.336 e. The average Bonchev–Trinajstić information content (AvgIpc) is 3.56. The highest BCUT2D eigenvalue weighted by Gasteiger charge is 2.17. The lowest BCUT2D eigenvalue weighted by atomic mass is 10.1. The molecular weight excluding hydrogens is 418 g/mol. The van der Waals surface area contributed by atoms with Gasteiger partial charge in [0.2, 0.25) is 0 Å². The number of fused-ring (bicyclic) bond motifs is 2. The van der Waals surface area contributed by atoms with Crippen LogP contribution in [0.15, 0.2) is 61.6 Å². The van der Waals surface area contributed by atoms with Crippen LogP contribution in [-0.4, -0.2) is 34.9 Å². The fraction of sp³-hybridized carbons (Fsp3) is 0.0833. The van der Waals surface area contributed by atoms with Crippen LogP contribution < -0.4 is 0 Å². The van der Waals surface area contributed by atoms with Crippen LogP contribution in [0.3, 0.4) is 0 Å². The molecule has 6 rings (SSSR count). The van der Waals surface area contributed by atoms with Crippen molar-refractivity contribution in [1.29, 1.82) is 0 Å². The first-order valence-corrected chi connectivity index (χ1v) is 11.0. The van der Waals surface area contributed by atoms with Gasteiger partial charge in [-0.05, 0) is 48.4 Å². The number of rotatable bonds is 4. The molecule has 0 saturated carbocycles. The topological polar surface area (TPSA) is 88.1 Å². The van der Waals surface area contributed by atoms with Gasteiger partial charge in [-0.25, -0.2) is 4.98 Å². The Bertz CT molecular complexity index is 1630. The van der Waals surface area contributed by atoms with Gasteiger partial charge >= 0.3 is 0 Å². The van der Waals surface area contributed by atoms with Gasteiger partial charge in [0.05, 0.1) is 22.1 Å². The number of imidazole rings is 1. The maximum atomic E-state index is 4.91. The second-order valence-electron chi connectivity index (χ2n) is 7.82. The molecule has 0 fully saturated rings. The first-order chi connectivity index (χ1) is 15.6. The zero-order chi connectivity index (χ0) is 21.8. The molecule has 5 heterocycles. The van der Waals surface area contributed by atoms with Gasteiger partial charge in [-0.1, -0.05) is 12.6 Å². The molecule has 0 aliphatic carbocycles. The third-order valence-electron chi connectivity index (χ3n) is 5.49. The highest BCUT2D eigenvalue weighted by atomic mass is 32.1. The van der Waals surface area contributed by atoms with Crippen LogP contribution in [0.2, 0.25) is 0 Å². The lowest BCUT2D eigenvalue weighted by Gasteiger charge is -1.98. The summed E-state index contributed by atoms with van der Waals surface area (Å²) < 4.78 is 1.80. The van der Waals surface area contributed by atoms with Crippen molar-refractivity contribution in [2.24, 2.45) is 7.05 Å². The van der Waals surface area contributed by atoms with E-state index < -0.39 is 0 Å². The first kappa shape index (κ1) is 18.7. The van der Waals surface area contributed by atoms with Crippen LogP contribution in [-0.2, 0) is 7.05 Å². The van der Waals surface area contributed by atoms with Crippen LogP contribution in [0.5, 0.6) is 0 Å². The van der Waals surface area contributed by atoms with Crippen molar-refractivity contribution in [3.8, 4) is 33.2 Å². The average molecular weight is 438 g/mol. The zero-order valence-electron chi connectivity index (χ0n) is 17.5. The largest absolute Gasteiger partial charge is 0.336 e. The highest BCUT2D eigenvalue weighted by Crippen LogP contribution is 2.35. The molecule has 0 aliphatic rings. The number of hydrogen-bond donors (Lipinski definition) is 2.